The van der Waals surface area contributed by atoms with Gasteiger partial charge in [0.2, 0.25) is 0 Å². The number of anilines is 1. The Bertz CT molecular complexity index is 991. The van der Waals surface area contributed by atoms with Crippen LogP contribution in [-0.4, -0.2) is 64.7 Å². The van der Waals surface area contributed by atoms with Crippen LogP contribution in [0.4, 0.5) is 5.69 Å². The summed E-state index contributed by atoms with van der Waals surface area (Å²) in [5, 5.41) is 3.00. The van der Waals surface area contributed by atoms with Gasteiger partial charge in [0, 0.05) is 37.8 Å². The second-order valence-corrected chi connectivity index (χ2v) is 9.94. The first-order valence-electron chi connectivity index (χ1n) is 10.5. The van der Waals surface area contributed by atoms with Crippen molar-refractivity contribution in [3.8, 4) is 0 Å². The summed E-state index contributed by atoms with van der Waals surface area (Å²) in [6.45, 7) is 7.77. The quantitative estimate of drug-likeness (QED) is 0.676. The van der Waals surface area contributed by atoms with E-state index >= 15 is 0 Å². The molecule has 31 heavy (non-hydrogen) atoms. The summed E-state index contributed by atoms with van der Waals surface area (Å²) in [7, 11) is -2.28. The van der Waals surface area contributed by atoms with Gasteiger partial charge in [0.15, 0.2) is 0 Å². The van der Waals surface area contributed by atoms with Gasteiger partial charge in [-0.05, 0) is 43.7 Å². The van der Waals surface area contributed by atoms with Gasteiger partial charge < -0.3 is 10.1 Å². The minimum Gasteiger partial charge on any atom is -0.379 e. The molecule has 2 aromatic rings. The van der Waals surface area contributed by atoms with Crippen LogP contribution in [-0.2, 0) is 14.8 Å². The van der Waals surface area contributed by atoms with Crippen LogP contribution in [0.3, 0.4) is 0 Å². The van der Waals surface area contributed by atoms with Crippen LogP contribution >= 0.6 is 0 Å². The lowest BCUT2D eigenvalue weighted by Crippen LogP contribution is -2.56. The zero-order chi connectivity index (χ0) is 22.5. The predicted molar refractivity (Wildman–Crippen MR) is 122 cm³/mol. The van der Waals surface area contributed by atoms with Crippen molar-refractivity contribution in [1.29, 1.82) is 0 Å². The average Bonchev–Trinajstić information content (AvgIpc) is 2.83. The minimum absolute atomic E-state index is 0.0814. The van der Waals surface area contributed by atoms with Crippen molar-refractivity contribution in [2.24, 2.45) is 0 Å². The maximum Gasteiger partial charge on any atom is 0.264 e. The largest absolute Gasteiger partial charge is 0.379 e. The fourth-order valence-electron chi connectivity index (χ4n) is 3.67. The standard InChI is InChI=1S/C23H31N3O4S/c1-4-23(2,26-13-15-30-16-14-26)18-24-22(27)19-9-8-12-21(17-19)31(28,29)25(3)20-10-6-5-7-11-20/h5-12,17H,4,13-16,18H2,1-3H3,(H,24,27). The van der Waals surface area contributed by atoms with Gasteiger partial charge in [0.05, 0.1) is 23.8 Å². The first-order valence-corrected chi connectivity index (χ1v) is 12.0. The van der Waals surface area contributed by atoms with E-state index in [0.29, 0.717) is 31.0 Å². The van der Waals surface area contributed by atoms with E-state index in [4.69, 9.17) is 4.74 Å². The van der Waals surface area contributed by atoms with Crippen molar-refractivity contribution in [1.82, 2.24) is 10.2 Å². The number of carbonyl (C=O) groups is 1. The first-order chi connectivity index (χ1) is 14.8. The van der Waals surface area contributed by atoms with Crippen molar-refractivity contribution >= 4 is 21.6 Å². The molecule has 8 heteroatoms. The lowest BCUT2D eigenvalue weighted by atomic mass is 9.95. The van der Waals surface area contributed by atoms with Crippen LogP contribution in [0.5, 0.6) is 0 Å². The smallest absolute Gasteiger partial charge is 0.264 e. The Balaban J connectivity index is 1.74. The number of hydrogen-bond acceptors (Lipinski definition) is 5. The average molecular weight is 446 g/mol. The molecule has 0 spiro atoms. The van der Waals surface area contributed by atoms with Gasteiger partial charge in [-0.3, -0.25) is 14.0 Å². The molecule has 1 heterocycles. The predicted octanol–water partition coefficient (Wildman–Crippen LogP) is 2.74. The highest BCUT2D eigenvalue weighted by Gasteiger charge is 2.32. The van der Waals surface area contributed by atoms with Crippen molar-refractivity contribution < 1.29 is 17.9 Å². The second-order valence-electron chi connectivity index (χ2n) is 7.97. The number of morpholine rings is 1. The number of para-hydroxylation sites is 1. The van der Waals surface area contributed by atoms with Gasteiger partial charge in [0.25, 0.3) is 15.9 Å². The molecule has 2 aromatic carbocycles. The minimum atomic E-state index is -3.78. The second kappa shape index (κ2) is 9.80. The van der Waals surface area contributed by atoms with Crippen molar-refractivity contribution in [3.63, 3.8) is 0 Å². The molecule has 7 nitrogen and oxygen atoms in total. The normalized spacial score (nSPS) is 17.0. The van der Waals surface area contributed by atoms with Gasteiger partial charge >= 0.3 is 0 Å². The van der Waals surface area contributed by atoms with Crippen LogP contribution in [0, 0.1) is 0 Å². The monoisotopic (exact) mass is 445 g/mol. The van der Waals surface area contributed by atoms with Crippen molar-refractivity contribution in [2.45, 2.75) is 30.7 Å². The fraction of sp³-hybridized carbons (Fsp3) is 0.435. The van der Waals surface area contributed by atoms with Crippen LogP contribution in [0.1, 0.15) is 30.6 Å². The summed E-state index contributed by atoms with van der Waals surface area (Å²) in [5.74, 6) is -0.285. The molecule has 1 fully saturated rings. The van der Waals surface area contributed by atoms with E-state index in [1.165, 1.54) is 23.5 Å². The third kappa shape index (κ3) is 5.26. The molecule has 1 atom stereocenters. The molecule has 0 radical (unpaired) electrons. The third-order valence-corrected chi connectivity index (χ3v) is 7.82. The molecule has 0 saturated carbocycles. The number of ether oxygens (including phenoxy) is 1. The summed E-state index contributed by atoms with van der Waals surface area (Å²) in [4.78, 5) is 15.3. The van der Waals surface area contributed by atoms with Crippen LogP contribution in [0.15, 0.2) is 59.5 Å². The number of nitrogens with one attached hydrogen (secondary N) is 1. The zero-order valence-corrected chi connectivity index (χ0v) is 19.2. The Kier molecular flexibility index (Phi) is 7.35. The molecule has 1 aliphatic rings. The first kappa shape index (κ1) is 23.2. The molecule has 1 aliphatic heterocycles. The number of carbonyl (C=O) groups excluding carboxylic acids is 1. The van der Waals surface area contributed by atoms with Crippen LogP contribution in [0.25, 0.3) is 0 Å². The molecule has 0 aliphatic carbocycles. The summed E-state index contributed by atoms with van der Waals surface area (Å²) in [6, 6.07) is 15.0. The van der Waals surface area contributed by atoms with E-state index in [1.54, 1.807) is 36.4 Å². The number of nitrogens with zero attached hydrogens (tertiary/aromatic N) is 2. The van der Waals surface area contributed by atoms with Crippen molar-refractivity contribution in [2.75, 3.05) is 44.2 Å². The summed E-state index contributed by atoms with van der Waals surface area (Å²) in [6.07, 6.45) is 0.879. The molecule has 1 amide bonds. The highest BCUT2D eigenvalue weighted by molar-refractivity contribution is 7.92. The number of rotatable bonds is 8. The van der Waals surface area contributed by atoms with Gasteiger partial charge in [-0.1, -0.05) is 31.2 Å². The van der Waals surface area contributed by atoms with Crippen LogP contribution in [0.2, 0.25) is 0 Å². The zero-order valence-electron chi connectivity index (χ0n) is 18.4. The highest BCUT2D eigenvalue weighted by Crippen LogP contribution is 2.23. The summed E-state index contributed by atoms with van der Waals surface area (Å²) in [5.41, 5.74) is 0.695. The molecule has 1 unspecified atom stereocenters. The van der Waals surface area contributed by atoms with E-state index in [1.807, 2.05) is 6.07 Å². The molecule has 168 valence electrons. The summed E-state index contributed by atoms with van der Waals surface area (Å²) >= 11 is 0. The van der Waals surface area contributed by atoms with Gasteiger partial charge in [0.1, 0.15) is 0 Å². The molecule has 0 bridgehead atoms. The third-order valence-electron chi connectivity index (χ3n) is 6.04. The summed E-state index contributed by atoms with van der Waals surface area (Å²) < 4.78 is 32.8. The highest BCUT2D eigenvalue weighted by atomic mass is 32.2. The number of sulfonamides is 1. The lowest BCUT2D eigenvalue weighted by Gasteiger charge is -2.43. The Hall–Kier alpha value is -2.42. The molecule has 3 rings (SSSR count). The Morgan fingerprint density at radius 3 is 2.45 bits per heavy atom. The van der Waals surface area contributed by atoms with E-state index in [2.05, 4.69) is 24.1 Å². The van der Waals surface area contributed by atoms with Crippen molar-refractivity contribution in [3.05, 3.63) is 60.2 Å². The Labute approximate surface area is 185 Å². The number of amides is 1. The van der Waals surface area contributed by atoms with E-state index < -0.39 is 10.0 Å². The molecule has 1 saturated heterocycles. The molecule has 1 N–H and O–H groups in total. The van der Waals surface area contributed by atoms with E-state index in [9.17, 15) is 13.2 Å². The Morgan fingerprint density at radius 1 is 1.13 bits per heavy atom. The van der Waals surface area contributed by atoms with Crippen LogP contribution < -0.4 is 9.62 Å². The van der Waals surface area contributed by atoms with E-state index in [0.717, 1.165) is 19.5 Å². The molecular weight excluding hydrogens is 414 g/mol. The van der Waals surface area contributed by atoms with Gasteiger partial charge in [-0.2, -0.15) is 0 Å². The maximum absolute atomic E-state index is 13.1. The Morgan fingerprint density at radius 2 is 1.81 bits per heavy atom. The van der Waals surface area contributed by atoms with E-state index in [-0.39, 0.29) is 16.3 Å². The molecule has 0 aromatic heterocycles. The maximum atomic E-state index is 13.1. The SMILES string of the molecule is CCC(C)(CNC(=O)c1cccc(S(=O)(=O)N(C)c2ccccc2)c1)N1CCOCC1. The number of benzene rings is 2. The number of hydrogen-bond donors (Lipinski definition) is 1. The van der Waals surface area contributed by atoms with Gasteiger partial charge in [-0.25, -0.2) is 8.42 Å². The lowest BCUT2D eigenvalue weighted by molar-refractivity contribution is -0.0169. The topological polar surface area (TPSA) is 79.0 Å². The molecular formula is C23H31N3O4S. The van der Waals surface area contributed by atoms with Gasteiger partial charge in [-0.15, -0.1) is 0 Å². The fourth-order valence-corrected chi connectivity index (χ4v) is 4.91.